The highest BCUT2D eigenvalue weighted by Gasteiger charge is 2.13. The maximum atomic E-state index is 9.52. The summed E-state index contributed by atoms with van der Waals surface area (Å²) in [7, 11) is 0. The van der Waals surface area contributed by atoms with Crippen LogP contribution >= 0.6 is 15.9 Å². The Bertz CT molecular complexity index is 1340. The molecule has 2 nitrogen and oxygen atoms in total. The van der Waals surface area contributed by atoms with Gasteiger partial charge in [-0.25, -0.2) is 0 Å². The lowest BCUT2D eigenvalue weighted by Gasteiger charge is -2.12. The van der Waals surface area contributed by atoms with Crippen molar-refractivity contribution in [3.8, 4) is 22.9 Å². The fraction of sp³-hybridized carbons (Fsp3) is 0. The minimum atomic E-state index is 0.675. The van der Waals surface area contributed by atoms with Gasteiger partial charge in [0, 0.05) is 20.9 Å². The van der Waals surface area contributed by atoms with Crippen LogP contribution in [0.25, 0.3) is 38.6 Å². The van der Waals surface area contributed by atoms with Crippen molar-refractivity contribution in [2.75, 3.05) is 0 Å². The number of halogens is 1. The third-order valence-corrected chi connectivity index (χ3v) is 5.54. The highest BCUT2D eigenvalue weighted by Crippen LogP contribution is 2.35. The van der Waals surface area contributed by atoms with Crippen molar-refractivity contribution < 1.29 is 0 Å². The van der Waals surface area contributed by atoms with E-state index in [1.165, 1.54) is 21.8 Å². The van der Waals surface area contributed by atoms with Crippen LogP contribution in [0.4, 0.5) is 0 Å². The molecule has 0 saturated carbocycles. The summed E-state index contributed by atoms with van der Waals surface area (Å²) >= 11 is 3.67. The maximum Gasteiger partial charge on any atom is 0.0998 e. The largest absolute Gasteiger partial charge is 0.309 e. The topological polar surface area (TPSA) is 28.7 Å². The van der Waals surface area contributed by atoms with E-state index in [1.807, 2.05) is 24.3 Å². The van der Waals surface area contributed by atoms with Gasteiger partial charge in [0.15, 0.2) is 0 Å². The Morgan fingerprint density at radius 2 is 1.32 bits per heavy atom. The van der Waals surface area contributed by atoms with Crippen LogP contribution in [0.2, 0.25) is 0 Å². The first-order valence-corrected chi connectivity index (χ1v) is 9.84. The predicted molar refractivity (Wildman–Crippen MR) is 119 cm³/mol. The molecule has 28 heavy (non-hydrogen) atoms. The Kier molecular flexibility index (Phi) is 4.00. The Morgan fingerprint density at radius 1 is 0.714 bits per heavy atom. The highest BCUT2D eigenvalue weighted by atomic mass is 79.9. The minimum Gasteiger partial charge on any atom is -0.309 e. The van der Waals surface area contributed by atoms with Crippen LogP contribution < -0.4 is 0 Å². The molecule has 132 valence electrons. The normalized spacial score (nSPS) is 11.0. The zero-order chi connectivity index (χ0) is 19.1. The van der Waals surface area contributed by atoms with Gasteiger partial charge < -0.3 is 4.57 Å². The molecule has 0 N–H and O–H groups in total. The first-order chi connectivity index (χ1) is 13.8. The molecule has 0 fully saturated rings. The molecule has 4 aromatic carbocycles. The summed E-state index contributed by atoms with van der Waals surface area (Å²) in [6, 6.07) is 33.3. The van der Waals surface area contributed by atoms with Gasteiger partial charge in [0.05, 0.1) is 22.7 Å². The van der Waals surface area contributed by atoms with E-state index < -0.39 is 0 Å². The van der Waals surface area contributed by atoms with Gasteiger partial charge in [-0.2, -0.15) is 5.26 Å². The molecule has 0 bridgehead atoms. The third kappa shape index (κ3) is 2.62. The van der Waals surface area contributed by atoms with Crippen molar-refractivity contribution in [3.63, 3.8) is 0 Å². The number of para-hydroxylation sites is 2. The van der Waals surface area contributed by atoms with E-state index in [-0.39, 0.29) is 0 Å². The zero-order valence-electron chi connectivity index (χ0n) is 14.9. The van der Waals surface area contributed by atoms with Crippen molar-refractivity contribution in [1.82, 2.24) is 4.57 Å². The number of aromatic nitrogens is 1. The van der Waals surface area contributed by atoms with E-state index >= 15 is 0 Å². The lowest BCUT2D eigenvalue weighted by molar-refractivity contribution is 1.18. The monoisotopic (exact) mass is 422 g/mol. The van der Waals surface area contributed by atoms with Crippen LogP contribution in [0.1, 0.15) is 5.56 Å². The molecule has 1 aromatic heterocycles. The van der Waals surface area contributed by atoms with Crippen LogP contribution in [0.5, 0.6) is 0 Å². The van der Waals surface area contributed by atoms with Crippen molar-refractivity contribution in [2.45, 2.75) is 0 Å². The summed E-state index contributed by atoms with van der Waals surface area (Å²) in [6.45, 7) is 0. The Balaban J connectivity index is 1.84. The lowest BCUT2D eigenvalue weighted by Crippen LogP contribution is -1.95. The number of fused-ring (bicyclic) bond motifs is 3. The highest BCUT2D eigenvalue weighted by molar-refractivity contribution is 9.10. The smallest absolute Gasteiger partial charge is 0.0998 e. The van der Waals surface area contributed by atoms with E-state index in [0.717, 1.165) is 21.3 Å². The molecule has 5 rings (SSSR count). The summed E-state index contributed by atoms with van der Waals surface area (Å²) in [5.74, 6) is 0. The minimum absolute atomic E-state index is 0.675. The van der Waals surface area contributed by atoms with Crippen molar-refractivity contribution in [1.29, 1.82) is 5.26 Å². The maximum absolute atomic E-state index is 9.52. The standard InChI is InChI=1S/C25H15BrN2/c26-19-13-18(21-8-2-1-7-17(21)16-27)14-20(15-19)28-24-11-5-3-9-22(24)23-10-4-6-12-25(23)28/h1-15H. The number of benzene rings is 4. The van der Waals surface area contributed by atoms with Crippen molar-refractivity contribution in [3.05, 3.63) is 101 Å². The number of rotatable bonds is 2. The SMILES string of the molecule is N#Cc1ccccc1-c1cc(Br)cc(-n2c3ccccc3c3ccccc32)c1. The van der Waals surface area contributed by atoms with Crippen LogP contribution in [0, 0.1) is 11.3 Å². The summed E-state index contributed by atoms with van der Waals surface area (Å²) in [5.41, 5.74) is 6.03. The summed E-state index contributed by atoms with van der Waals surface area (Å²) in [6.07, 6.45) is 0. The van der Waals surface area contributed by atoms with Gasteiger partial charge in [-0.1, -0.05) is 70.5 Å². The molecule has 3 heteroatoms. The summed E-state index contributed by atoms with van der Waals surface area (Å²) in [5, 5.41) is 12.0. The molecule has 0 radical (unpaired) electrons. The van der Waals surface area contributed by atoms with Gasteiger partial charge in [-0.3, -0.25) is 0 Å². The molecule has 0 spiro atoms. The number of nitrogens with zero attached hydrogens (tertiary/aromatic N) is 2. The van der Waals surface area contributed by atoms with Crippen LogP contribution in [0.3, 0.4) is 0 Å². The molecule has 0 unspecified atom stereocenters. The molecule has 0 saturated heterocycles. The molecular weight excluding hydrogens is 408 g/mol. The van der Waals surface area contributed by atoms with Crippen molar-refractivity contribution in [2.24, 2.45) is 0 Å². The van der Waals surface area contributed by atoms with E-state index in [9.17, 15) is 5.26 Å². The van der Waals surface area contributed by atoms with E-state index in [2.05, 4.69) is 93.3 Å². The molecule has 0 amide bonds. The Morgan fingerprint density at radius 3 is 2.00 bits per heavy atom. The fourth-order valence-corrected chi connectivity index (χ4v) is 4.37. The van der Waals surface area contributed by atoms with Crippen LogP contribution in [-0.2, 0) is 0 Å². The number of hydrogen-bond donors (Lipinski definition) is 0. The van der Waals surface area contributed by atoms with E-state index in [4.69, 9.17) is 0 Å². The van der Waals surface area contributed by atoms with Gasteiger partial charge in [0.25, 0.3) is 0 Å². The second kappa shape index (κ2) is 6.67. The van der Waals surface area contributed by atoms with E-state index in [1.54, 1.807) is 0 Å². The van der Waals surface area contributed by atoms with E-state index in [0.29, 0.717) is 5.56 Å². The molecule has 0 atom stereocenters. The lowest BCUT2D eigenvalue weighted by atomic mass is 10.00. The first kappa shape index (κ1) is 16.8. The average Bonchev–Trinajstić information content (AvgIpc) is 3.08. The zero-order valence-corrected chi connectivity index (χ0v) is 16.5. The molecular formula is C25H15BrN2. The summed E-state index contributed by atoms with van der Waals surface area (Å²) in [4.78, 5) is 0. The van der Waals surface area contributed by atoms with Gasteiger partial charge in [-0.15, -0.1) is 0 Å². The predicted octanol–water partition coefficient (Wildman–Crippen LogP) is 7.08. The second-order valence-electron chi connectivity index (χ2n) is 6.73. The molecule has 1 heterocycles. The van der Waals surface area contributed by atoms with Gasteiger partial charge in [0.2, 0.25) is 0 Å². The molecule has 5 aromatic rings. The fourth-order valence-electron chi connectivity index (χ4n) is 3.89. The molecule has 0 aliphatic carbocycles. The molecule has 0 aliphatic rings. The summed E-state index contributed by atoms with van der Waals surface area (Å²) < 4.78 is 3.27. The quantitative estimate of drug-likeness (QED) is 0.298. The average molecular weight is 423 g/mol. The van der Waals surface area contributed by atoms with Gasteiger partial charge in [-0.05, 0) is 47.5 Å². The second-order valence-corrected chi connectivity index (χ2v) is 7.64. The Hall–Kier alpha value is -3.35. The van der Waals surface area contributed by atoms with Crippen LogP contribution in [-0.4, -0.2) is 4.57 Å². The van der Waals surface area contributed by atoms with Crippen molar-refractivity contribution >= 4 is 37.7 Å². The van der Waals surface area contributed by atoms with Gasteiger partial charge in [0.1, 0.15) is 0 Å². The number of nitriles is 1. The van der Waals surface area contributed by atoms with Crippen LogP contribution in [0.15, 0.2) is 95.5 Å². The third-order valence-electron chi connectivity index (χ3n) is 5.08. The first-order valence-electron chi connectivity index (χ1n) is 9.05. The molecule has 0 aliphatic heterocycles. The Labute approximate surface area is 171 Å². The van der Waals surface area contributed by atoms with Gasteiger partial charge >= 0.3 is 0 Å². The number of hydrogen-bond acceptors (Lipinski definition) is 1.